The first kappa shape index (κ1) is 15.3. The quantitative estimate of drug-likeness (QED) is 0.809. The predicted molar refractivity (Wildman–Crippen MR) is 91.2 cm³/mol. The van der Waals surface area contributed by atoms with Crippen LogP contribution in [0.4, 0.5) is 10.5 Å². The van der Waals surface area contributed by atoms with E-state index in [9.17, 15) is 9.59 Å². The minimum atomic E-state index is -0.437. The topological polar surface area (TPSA) is 70.2 Å². The fraction of sp³-hybridized carbons (Fsp3) is 0.176. The summed E-state index contributed by atoms with van der Waals surface area (Å²) in [7, 11) is 0. The fourth-order valence-electron chi connectivity index (χ4n) is 2.59. The molecule has 1 aliphatic rings. The van der Waals surface area contributed by atoms with Crippen LogP contribution in [-0.2, 0) is 4.79 Å². The molecule has 3 N–H and O–H groups in total. The number of thiophene rings is 1. The summed E-state index contributed by atoms with van der Waals surface area (Å²) in [5, 5.41) is 10.3. The Morgan fingerprint density at radius 2 is 2.04 bits per heavy atom. The van der Waals surface area contributed by atoms with Crippen molar-refractivity contribution in [2.24, 2.45) is 0 Å². The van der Waals surface area contributed by atoms with E-state index in [0.29, 0.717) is 11.3 Å². The molecule has 0 saturated heterocycles. The maximum atomic E-state index is 12.7. The number of benzene rings is 1. The second-order valence-electron chi connectivity index (χ2n) is 5.41. The number of hydrogen-bond donors (Lipinski definition) is 3. The summed E-state index contributed by atoms with van der Waals surface area (Å²) in [6.45, 7) is 3.71. The van der Waals surface area contributed by atoms with Crippen molar-refractivity contribution in [3.63, 3.8) is 0 Å². The number of carbonyl (C=O) groups is 2. The molecular weight excluding hydrogens is 310 g/mol. The van der Waals surface area contributed by atoms with Crippen LogP contribution in [0.2, 0.25) is 0 Å². The van der Waals surface area contributed by atoms with Gasteiger partial charge in [0.25, 0.3) is 5.91 Å². The maximum absolute atomic E-state index is 12.7. The van der Waals surface area contributed by atoms with Gasteiger partial charge in [-0.15, -0.1) is 11.3 Å². The van der Waals surface area contributed by atoms with Crippen molar-refractivity contribution in [1.29, 1.82) is 0 Å². The van der Waals surface area contributed by atoms with Crippen molar-refractivity contribution >= 4 is 29.0 Å². The second-order valence-corrected chi connectivity index (χ2v) is 6.39. The van der Waals surface area contributed by atoms with Crippen LogP contribution in [0.3, 0.4) is 0 Å². The Hall–Kier alpha value is -2.60. The maximum Gasteiger partial charge on any atom is 0.319 e. The van der Waals surface area contributed by atoms with E-state index in [2.05, 4.69) is 16.0 Å². The monoisotopic (exact) mass is 327 g/mol. The van der Waals surface area contributed by atoms with Crippen molar-refractivity contribution in [1.82, 2.24) is 10.6 Å². The molecule has 0 aliphatic carbocycles. The Labute approximate surface area is 138 Å². The number of hydrogen-bond acceptors (Lipinski definition) is 3. The summed E-state index contributed by atoms with van der Waals surface area (Å²) in [5.74, 6) is -0.223. The highest BCUT2D eigenvalue weighted by Gasteiger charge is 2.31. The van der Waals surface area contributed by atoms with Crippen LogP contribution in [0.1, 0.15) is 23.4 Å². The number of carbonyl (C=O) groups excluding carboxylic acids is 2. The molecule has 0 radical (unpaired) electrons. The fourth-order valence-corrected chi connectivity index (χ4v) is 3.37. The van der Waals surface area contributed by atoms with E-state index in [4.69, 9.17) is 0 Å². The van der Waals surface area contributed by atoms with Gasteiger partial charge in [0.05, 0.1) is 11.6 Å². The minimum absolute atomic E-state index is 0.223. The van der Waals surface area contributed by atoms with Gasteiger partial charge in [0, 0.05) is 16.3 Å². The predicted octanol–water partition coefficient (Wildman–Crippen LogP) is 3.32. The third kappa shape index (κ3) is 3.27. The molecule has 1 atom stereocenters. The van der Waals surface area contributed by atoms with Crippen molar-refractivity contribution in [3.8, 4) is 0 Å². The molecule has 0 fully saturated rings. The average Bonchev–Trinajstić information content (AvgIpc) is 3.00. The lowest BCUT2D eigenvalue weighted by atomic mass is 10.0. The zero-order valence-electron chi connectivity index (χ0n) is 12.8. The number of allylic oxidation sites excluding steroid dienone is 1. The zero-order chi connectivity index (χ0) is 16.4. The number of nitrogens with one attached hydrogen (secondary N) is 3. The average molecular weight is 327 g/mol. The van der Waals surface area contributed by atoms with Gasteiger partial charge in [-0.3, -0.25) is 4.79 Å². The molecule has 2 heterocycles. The number of urea groups is 1. The molecule has 0 bridgehead atoms. The molecule has 23 heavy (non-hydrogen) atoms. The first-order valence-electron chi connectivity index (χ1n) is 7.24. The largest absolute Gasteiger partial charge is 0.326 e. The van der Waals surface area contributed by atoms with Crippen molar-refractivity contribution in [2.45, 2.75) is 19.9 Å². The molecule has 1 unspecified atom stereocenters. The number of aryl methyl sites for hydroxylation is 1. The Morgan fingerprint density at radius 3 is 2.74 bits per heavy atom. The highest BCUT2D eigenvalue weighted by Crippen LogP contribution is 2.30. The molecule has 1 aromatic heterocycles. The molecule has 0 saturated carbocycles. The Kier molecular flexibility index (Phi) is 4.16. The van der Waals surface area contributed by atoms with Crippen LogP contribution in [0.25, 0.3) is 0 Å². The minimum Gasteiger partial charge on any atom is -0.326 e. The van der Waals surface area contributed by atoms with Gasteiger partial charge in [0.2, 0.25) is 0 Å². The summed E-state index contributed by atoms with van der Waals surface area (Å²) in [6, 6.07) is 10.7. The first-order chi connectivity index (χ1) is 11.0. The standard InChI is InChI=1S/C17H17N3O2S/c1-10-5-3-6-12(9-10)19-16(21)14-11(2)18-17(22)20-15(14)13-7-4-8-23-13/h3-9,15H,1-2H3,(H,19,21)(H2,18,20,22). The van der Waals surface area contributed by atoms with Crippen LogP contribution >= 0.6 is 11.3 Å². The molecule has 2 aromatic rings. The third-order valence-corrected chi connectivity index (χ3v) is 4.55. The van der Waals surface area contributed by atoms with Crippen LogP contribution in [0.5, 0.6) is 0 Å². The molecule has 1 aliphatic heterocycles. The van der Waals surface area contributed by atoms with Gasteiger partial charge in [-0.25, -0.2) is 4.79 Å². The molecule has 3 rings (SSSR count). The van der Waals surface area contributed by atoms with E-state index in [0.717, 1.165) is 16.1 Å². The smallest absolute Gasteiger partial charge is 0.319 e. The van der Waals surface area contributed by atoms with Gasteiger partial charge in [-0.2, -0.15) is 0 Å². The Morgan fingerprint density at radius 1 is 1.22 bits per heavy atom. The molecule has 1 aromatic carbocycles. The lowest BCUT2D eigenvalue weighted by molar-refractivity contribution is -0.113. The van der Waals surface area contributed by atoms with E-state index >= 15 is 0 Å². The van der Waals surface area contributed by atoms with E-state index in [1.165, 1.54) is 11.3 Å². The van der Waals surface area contributed by atoms with E-state index in [-0.39, 0.29) is 11.9 Å². The number of anilines is 1. The highest BCUT2D eigenvalue weighted by atomic mass is 32.1. The lowest BCUT2D eigenvalue weighted by Gasteiger charge is -2.27. The van der Waals surface area contributed by atoms with Crippen molar-refractivity contribution in [3.05, 3.63) is 63.5 Å². The van der Waals surface area contributed by atoms with Crippen LogP contribution in [0.15, 0.2) is 53.0 Å². The lowest BCUT2D eigenvalue weighted by Crippen LogP contribution is -2.45. The van der Waals surface area contributed by atoms with E-state index in [1.54, 1.807) is 6.92 Å². The Bertz CT molecular complexity index is 781. The highest BCUT2D eigenvalue weighted by molar-refractivity contribution is 7.10. The molecule has 6 heteroatoms. The van der Waals surface area contributed by atoms with Gasteiger partial charge in [0.15, 0.2) is 0 Å². The van der Waals surface area contributed by atoms with Crippen molar-refractivity contribution in [2.75, 3.05) is 5.32 Å². The van der Waals surface area contributed by atoms with Gasteiger partial charge in [0.1, 0.15) is 0 Å². The van der Waals surface area contributed by atoms with Gasteiger partial charge in [-0.1, -0.05) is 18.2 Å². The second kappa shape index (κ2) is 6.26. The number of rotatable bonds is 3. The molecular formula is C17H17N3O2S. The molecule has 0 spiro atoms. The van der Waals surface area contributed by atoms with Crippen molar-refractivity contribution < 1.29 is 9.59 Å². The summed E-state index contributed by atoms with van der Waals surface area (Å²) in [6.07, 6.45) is 0. The van der Waals surface area contributed by atoms with E-state index < -0.39 is 6.04 Å². The SMILES string of the molecule is CC1=C(C(=O)Nc2cccc(C)c2)C(c2cccs2)NC(=O)N1. The van der Waals surface area contributed by atoms with E-state index in [1.807, 2.05) is 48.7 Å². The molecule has 5 nitrogen and oxygen atoms in total. The van der Waals surface area contributed by atoms with Gasteiger partial charge < -0.3 is 16.0 Å². The molecule has 3 amide bonds. The van der Waals surface area contributed by atoms with Crippen LogP contribution in [-0.4, -0.2) is 11.9 Å². The normalized spacial score (nSPS) is 17.5. The van der Waals surface area contributed by atoms with Gasteiger partial charge in [-0.05, 0) is 43.0 Å². The van der Waals surface area contributed by atoms with Gasteiger partial charge >= 0.3 is 6.03 Å². The zero-order valence-corrected chi connectivity index (χ0v) is 13.7. The summed E-state index contributed by atoms with van der Waals surface area (Å²) >= 11 is 1.51. The summed E-state index contributed by atoms with van der Waals surface area (Å²) in [4.78, 5) is 25.4. The molecule has 118 valence electrons. The van der Waals surface area contributed by atoms with Crippen LogP contribution < -0.4 is 16.0 Å². The number of amides is 3. The Balaban J connectivity index is 1.92. The third-order valence-electron chi connectivity index (χ3n) is 3.62. The first-order valence-corrected chi connectivity index (χ1v) is 8.12. The summed E-state index contributed by atoms with van der Waals surface area (Å²) in [5.41, 5.74) is 2.89. The summed E-state index contributed by atoms with van der Waals surface area (Å²) < 4.78 is 0. The van der Waals surface area contributed by atoms with Crippen LogP contribution in [0, 0.1) is 6.92 Å².